The number of amides is 2. The van der Waals surface area contributed by atoms with Gasteiger partial charge in [-0.05, 0) is 48.9 Å². The maximum Gasteiger partial charge on any atom is 0.322 e. The first-order valence-corrected chi connectivity index (χ1v) is 9.58. The number of hydrogen-bond acceptors (Lipinski definition) is 4. The molecule has 0 bridgehead atoms. The molecule has 2 aromatic carbocycles. The number of aromatic nitrogens is 1. The smallest absolute Gasteiger partial charge is 0.322 e. The second kappa shape index (κ2) is 8.65. The second-order valence-electron chi connectivity index (χ2n) is 6.98. The van der Waals surface area contributed by atoms with E-state index < -0.39 is 0 Å². The van der Waals surface area contributed by atoms with Gasteiger partial charge in [-0.15, -0.1) is 0 Å². The minimum absolute atomic E-state index is 0.151. The van der Waals surface area contributed by atoms with Gasteiger partial charge in [0.15, 0.2) is 11.5 Å². The number of benzene rings is 2. The van der Waals surface area contributed by atoms with E-state index in [9.17, 15) is 4.79 Å². The zero-order chi connectivity index (χ0) is 20.1. The van der Waals surface area contributed by atoms with Crippen molar-refractivity contribution in [2.75, 3.05) is 18.7 Å². The van der Waals surface area contributed by atoms with Crippen LogP contribution < -0.4 is 14.8 Å². The van der Waals surface area contributed by atoms with Crippen LogP contribution in [-0.4, -0.2) is 29.3 Å². The summed E-state index contributed by atoms with van der Waals surface area (Å²) in [4.78, 5) is 19.1. The number of pyridine rings is 1. The highest BCUT2D eigenvalue weighted by Crippen LogP contribution is 2.32. The zero-order valence-electron chi connectivity index (χ0n) is 16.3. The van der Waals surface area contributed by atoms with Gasteiger partial charge in [0.25, 0.3) is 0 Å². The van der Waals surface area contributed by atoms with E-state index in [1.54, 1.807) is 11.1 Å². The van der Waals surface area contributed by atoms with E-state index in [0.717, 1.165) is 28.3 Å². The highest BCUT2D eigenvalue weighted by Gasteiger charge is 2.18. The minimum Gasteiger partial charge on any atom is -0.454 e. The molecule has 2 heterocycles. The van der Waals surface area contributed by atoms with Gasteiger partial charge < -0.3 is 19.7 Å². The third-order valence-electron chi connectivity index (χ3n) is 4.76. The van der Waals surface area contributed by atoms with Crippen molar-refractivity contribution in [3.05, 3.63) is 83.7 Å². The van der Waals surface area contributed by atoms with Crippen LogP contribution in [0.25, 0.3) is 0 Å². The van der Waals surface area contributed by atoms with Crippen LogP contribution in [0.3, 0.4) is 0 Å². The van der Waals surface area contributed by atoms with Crippen LogP contribution in [0.1, 0.15) is 16.8 Å². The summed E-state index contributed by atoms with van der Waals surface area (Å²) in [6.07, 6.45) is 2.44. The van der Waals surface area contributed by atoms with Crippen molar-refractivity contribution in [3.8, 4) is 11.5 Å². The molecule has 0 saturated heterocycles. The largest absolute Gasteiger partial charge is 0.454 e. The first-order chi connectivity index (χ1) is 14.2. The van der Waals surface area contributed by atoms with Gasteiger partial charge in [0, 0.05) is 37.1 Å². The molecule has 0 spiro atoms. The van der Waals surface area contributed by atoms with E-state index in [1.807, 2.05) is 67.6 Å². The lowest BCUT2D eigenvalue weighted by Gasteiger charge is -2.23. The summed E-state index contributed by atoms with van der Waals surface area (Å²) in [6.45, 7) is 3.25. The second-order valence-corrected chi connectivity index (χ2v) is 6.98. The Bertz CT molecular complexity index is 974. The number of carbonyl (C=O) groups excluding carboxylic acids is 1. The number of rotatable bonds is 6. The van der Waals surface area contributed by atoms with Gasteiger partial charge in [0.1, 0.15) is 0 Å². The number of nitrogens with zero attached hydrogens (tertiary/aromatic N) is 2. The molecule has 6 nitrogen and oxygen atoms in total. The number of fused-ring (bicyclic) bond motifs is 1. The Labute approximate surface area is 170 Å². The fourth-order valence-electron chi connectivity index (χ4n) is 3.15. The summed E-state index contributed by atoms with van der Waals surface area (Å²) in [5.74, 6) is 1.45. The van der Waals surface area contributed by atoms with E-state index in [2.05, 4.69) is 10.3 Å². The molecule has 1 aliphatic rings. The molecular weight excluding hydrogens is 366 g/mol. The van der Waals surface area contributed by atoms with Gasteiger partial charge in [0.05, 0.1) is 0 Å². The van der Waals surface area contributed by atoms with Crippen molar-refractivity contribution in [2.24, 2.45) is 0 Å². The van der Waals surface area contributed by atoms with E-state index in [-0.39, 0.29) is 12.8 Å². The average molecular weight is 389 g/mol. The number of hydrogen-bond donors (Lipinski definition) is 1. The normalized spacial score (nSPS) is 11.9. The van der Waals surface area contributed by atoms with Gasteiger partial charge in [-0.25, -0.2) is 4.79 Å². The van der Waals surface area contributed by atoms with Crippen LogP contribution in [0.5, 0.6) is 11.5 Å². The van der Waals surface area contributed by atoms with Crippen LogP contribution in [0.2, 0.25) is 0 Å². The molecule has 6 heteroatoms. The molecule has 2 amide bonds. The summed E-state index contributed by atoms with van der Waals surface area (Å²) < 4.78 is 10.8. The van der Waals surface area contributed by atoms with E-state index in [0.29, 0.717) is 25.3 Å². The summed E-state index contributed by atoms with van der Waals surface area (Å²) in [7, 11) is 0. The van der Waals surface area contributed by atoms with Crippen molar-refractivity contribution >= 4 is 11.7 Å². The lowest BCUT2D eigenvalue weighted by atomic mass is 10.1. The minimum atomic E-state index is -0.151. The number of aryl methyl sites for hydroxylation is 1. The van der Waals surface area contributed by atoms with Gasteiger partial charge in [-0.1, -0.05) is 29.8 Å². The molecule has 1 aromatic heterocycles. The fraction of sp³-hybridized carbons (Fsp3) is 0.217. The SMILES string of the molecule is Cc1ccc(NC(=O)N(CCc2ccccn2)Cc2ccc3c(c2)OCO3)cc1. The summed E-state index contributed by atoms with van der Waals surface area (Å²) in [5.41, 5.74) is 3.85. The number of carbonyl (C=O) groups is 1. The molecule has 1 aliphatic heterocycles. The predicted molar refractivity (Wildman–Crippen MR) is 111 cm³/mol. The van der Waals surface area contributed by atoms with E-state index >= 15 is 0 Å². The monoisotopic (exact) mass is 389 g/mol. The number of nitrogens with one attached hydrogen (secondary N) is 1. The average Bonchev–Trinajstić information content (AvgIpc) is 3.21. The molecule has 0 atom stereocenters. The van der Waals surface area contributed by atoms with Crippen LogP contribution in [0, 0.1) is 6.92 Å². The summed E-state index contributed by atoms with van der Waals surface area (Å²) in [6, 6.07) is 19.2. The molecule has 1 N–H and O–H groups in total. The summed E-state index contributed by atoms with van der Waals surface area (Å²) in [5, 5.41) is 2.99. The molecular formula is C23H23N3O3. The van der Waals surface area contributed by atoms with Crippen LogP contribution in [-0.2, 0) is 13.0 Å². The topological polar surface area (TPSA) is 63.7 Å². The standard InChI is InChI=1S/C23H23N3O3/c1-17-5-8-20(9-6-17)25-23(27)26(13-11-19-4-2-3-12-24-19)15-18-7-10-21-22(14-18)29-16-28-21/h2-10,12,14H,11,13,15-16H2,1H3,(H,25,27). The first-order valence-electron chi connectivity index (χ1n) is 9.58. The van der Waals surface area contributed by atoms with E-state index in [1.165, 1.54) is 0 Å². The quantitative estimate of drug-likeness (QED) is 0.679. The molecule has 0 saturated carbocycles. The Morgan fingerprint density at radius 2 is 1.90 bits per heavy atom. The Morgan fingerprint density at radius 1 is 1.07 bits per heavy atom. The van der Waals surface area contributed by atoms with Gasteiger partial charge in [-0.2, -0.15) is 0 Å². The molecule has 0 fully saturated rings. The van der Waals surface area contributed by atoms with Crippen LogP contribution in [0.4, 0.5) is 10.5 Å². The maximum atomic E-state index is 13.0. The molecule has 0 unspecified atom stereocenters. The maximum absolute atomic E-state index is 13.0. The third kappa shape index (κ3) is 4.85. The highest BCUT2D eigenvalue weighted by molar-refractivity contribution is 5.89. The summed E-state index contributed by atoms with van der Waals surface area (Å²) >= 11 is 0. The van der Waals surface area contributed by atoms with Crippen LogP contribution >= 0.6 is 0 Å². The van der Waals surface area contributed by atoms with Gasteiger partial charge in [0.2, 0.25) is 6.79 Å². The lowest BCUT2D eigenvalue weighted by molar-refractivity contribution is 0.174. The molecule has 0 aliphatic carbocycles. The highest BCUT2D eigenvalue weighted by atomic mass is 16.7. The van der Waals surface area contributed by atoms with Crippen molar-refractivity contribution < 1.29 is 14.3 Å². The first kappa shape index (κ1) is 18.8. The molecule has 0 radical (unpaired) electrons. The fourth-order valence-corrected chi connectivity index (χ4v) is 3.15. The number of anilines is 1. The molecule has 4 rings (SSSR count). The van der Waals surface area contributed by atoms with Gasteiger partial charge >= 0.3 is 6.03 Å². The third-order valence-corrected chi connectivity index (χ3v) is 4.76. The van der Waals surface area contributed by atoms with Crippen molar-refractivity contribution in [1.82, 2.24) is 9.88 Å². The predicted octanol–water partition coefficient (Wildman–Crippen LogP) is 4.40. The Hall–Kier alpha value is -3.54. The van der Waals surface area contributed by atoms with Crippen molar-refractivity contribution in [2.45, 2.75) is 19.9 Å². The van der Waals surface area contributed by atoms with E-state index in [4.69, 9.17) is 9.47 Å². The Balaban J connectivity index is 1.49. The Kier molecular flexibility index (Phi) is 5.61. The number of urea groups is 1. The molecule has 148 valence electrons. The zero-order valence-corrected chi connectivity index (χ0v) is 16.3. The Morgan fingerprint density at radius 3 is 2.69 bits per heavy atom. The molecule has 3 aromatic rings. The van der Waals surface area contributed by atoms with Crippen LogP contribution in [0.15, 0.2) is 66.9 Å². The number of ether oxygens (including phenoxy) is 2. The van der Waals surface area contributed by atoms with Crippen molar-refractivity contribution in [3.63, 3.8) is 0 Å². The van der Waals surface area contributed by atoms with Gasteiger partial charge in [-0.3, -0.25) is 4.98 Å². The molecule has 29 heavy (non-hydrogen) atoms. The lowest BCUT2D eigenvalue weighted by Crippen LogP contribution is -2.36. The van der Waals surface area contributed by atoms with Crippen molar-refractivity contribution in [1.29, 1.82) is 0 Å².